The maximum absolute atomic E-state index is 12.5. The van der Waals surface area contributed by atoms with Crippen molar-refractivity contribution in [2.24, 2.45) is 0 Å². The van der Waals surface area contributed by atoms with E-state index in [-0.39, 0.29) is 26.8 Å². The number of aromatic nitrogens is 3. The molecule has 0 amide bonds. The van der Waals surface area contributed by atoms with E-state index in [2.05, 4.69) is 10.2 Å². The molecule has 0 aliphatic rings. The molecule has 0 spiro atoms. The number of alkyl halides is 3. The van der Waals surface area contributed by atoms with Gasteiger partial charge < -0.3 is 5.21 Å². The fraction of sp³-hybridized carbons (Fsp3) is 0.182. The minimum atomic E-state index is -4.54. The normalized spacial score (nSPS) is 11.7. The Hall–Kier alpha value is -2.09. The van der Waals surface area contributed by atoms with Crippen molar-refractivity contribution in [2.75, 3.05) is 0 Å². The number of nitrogens with zero attached hydrogens (tertiary/aromatic N) is 3. The summed E-state index contributed by atoms with van der Waals surface area (Å²) < 4.78 is 37.8. The predicted molar refractivity (Wildman–Crippen MR) is 63.7 cm³/mol. The van der Waals surface area contributed by atoms with Gasteiger partial charge in [0, 0.05) is 5.56 Å². The number of aryl methyl sites for hydroxylation is 1. The van der Waals surface area contributed by atoms with Crippen molar-refractivity contribution in [2.45, 2.75) is 13.1 Å². The molecule has 0 atom stereocenters. The zero-order chi connectivity index (χ0) is 15.1. The van der Waals surface area contributed by atoms with Gasteiger partial charge in [0.05, 0.1) is 10.6 Å². The minimum Gasteiger partial charge on any atom is -0.424 e. The molecule has 0 bridgehead atoms. The summed E-state index contributed by atoms with van der Waals surface area (Å²) >= 11 is 5.74. The van der Waals surface area contributed by atoms with E-state index in [1.54, 1.807) is 0 Å². The van der Waals surface area contributed by atoms with E-state index in [4.69, 9.17) is 11.6 Å². The second kappa shape index (κ2) is 4.78. The number of hydrogen-bond acceptors (Lipinski definition) is 4. The quantitative estimate of drug-likeness (QED) is 0.822. The van der Waals surface area contributed by atoms with Crippen LogP contribution in [0.1, 0.15) is 11.4 Å². The largest absolute Gasteiger partial charge is 0.424 e. The fourth-order valence-electron chi connectivity index (χ4n) is 1.51. The first-order valence-electron chi connectivity index (χ1n) is 5.24. The van der Waals surface area contributed by atoms with Gasteiger partial charge in [0.1, 0.15) is 0 Å². The van der Waals surface area contributed by atoms with Crippen LogP contribution >= 0.6 is 11.6 Å². The lowest BCUT2D eigenvalue weighted by atomic mass is 10.1. The van der Waals surface area contributed by atoms with Crippen LogP contribution in [0, 0.1) is 6.92 Å². The summed E-state index contributed by atoms with van der Waals surface area (Å²) in [6.07, 6.45) is -4.54. The smallest absolute Gasteiger partial charge is 0.416 e. The maximum Gasteiger partial charge on any atom is 0.416 e. The van der Waals surface area contributed by atoms with E-state index < -0.39 is 17.3 Å². The Bertz CT molecular complexity index is 728. The highest BCUT2D eigenvalue weighted by Gasteiger charge is 2.31. The first-order chi connectivity index (χ1) is 9.21. The van der Waals surface area contributed by atoms with Gasteiger partial charge in [-0.15, -0.1) is 14.9 Å². The summed E-state index contributed by atoms with van der Waals surface area (Å²) in [5.74, 6) is -0.0539. The zero-order valence-corrected chi connectivity index (χ0v) is 10.7. The highest BCUT2D eigenvalue weighted by Crippen LogP contribution is 2.34. The van der Waals surface area contributed by atoms with Gasteiger partial charge in [-0.1, -0.05) is 17.7 Å². The average Bonchev–Trinajstić information content (AvgIpc) is 2.36. The van der Waals surface area contributed by atoms with Gasteiger partial charge in [-0.3, -0.25) is 4.79 Å². The van der Waals surface area contributed by atoms with Crippen molar-refractivity contribution >= 4 is 11.6 Å². The van der Waals surface area contributed by atoms with E-state index >= 15 is 0 Å². The van der Waals surface area contributed by atoms with Crippen LogP contribution in [-0.4, -0.2) is 20.1 Å². The molecule has 0 aliphatic heterocycles. The summed E-state index contributed by atoms with van der Waals surface area (Å²) in [7, 11) is 0. The van der Waals surface area contributed by atoms with Crippen molar-refractivity contribution in [1.82, 2.24) is 14.9 Å². The molecule has 9 heteroatoms. The minimum absolute atomic E-state index is 0.0417. The topological polar surface area (TPSA) is 68.0 Å². The maximum atomic E-state index is 12.5. The molecular weight excluding hydrogens is 299 g/mol. The van der Waals surface area contributed by atoms with E-state index in [1.807, 2.05) is 0 Å². The second-order valence-electron chi connectivity index (χ2n) is 3.91. The molecule has 0 saturated carbocycles. The van der Waals surface area contributed by atoms with Gasteiger partial charge in [0.15, 0.2) is 11.5 Å². The summed E-state index contributed by atoms with van der Waals surface area (Å²) in [6, 6.07) is 2.45. The Morgan fingerprint density at radius 2 is 1.95 bits per heavy atom. The summed E-state index contributed by atoms with van der Waals surface area (Å²) in [5, 5.41) is 16.2. The molecule has 106 valence electrons. The standard InChI is InChI=1S/C11H7ClF3N3O2/c1-5-16-17-9(10(19)18(5)20)7-3-2-6(4-8(7)12)11(13,14)15/h2-4,20H,1H3. The zero-order valence-electron chi connectivity index (χ0n) is 9.94. The van der Waals surface area contributed by atoms with E-state index in [1.165, 1.54) is 6.92 Å². The third-order valence-electron chi connectivity index (χ3n) is 2.55. The monoisotopic (exact) mass is 305 g/mol. The lowest BCUT2D eigenvalue weighted by Crippen LogP contribution is -2.24. The van der Waals surface area contributed by atoms with Gasteiger partial charge in [-0.2, -0.15) is 13.2 Å². The Morgan fingerprint density at radius 1 is 1.30 bits per heavy atom. The number of rotatable bonds is 1. The molecule has 0 fully saturated rings. The van der Waals surface area contributed by atoms with Crippen LogP contribution in [0.2, 0.25) is 5.02 Å². The van der Waals surface area contributed by atoms with Gasteiger partial charge in [0.2, 0.25) is 0 Å². The van der Waals surface area contributed by atoms with Crippen molar-refractivity contribution in [1.29, 1.82) is 0 Å². The van der Waals surface area contributed by atoms with Gasteiger partial charge in [-0.25, -0.2) is 0 Å². The van der Waals surface area contributed by atoms with Crippen LogP contribution in [-0.2, 0) is 6.18 Å². The third kappa shape index (κ3) is 2.46. The third-order valence-corrected chi connectivity index (χ3v) is 2.86. The fourth-order valence-corrected chi connectivity index (χ4v) is 1.78. The van der Waals surface area contributed by atoms with Crippen molar-refractivity contribution in [3.63, 3.8) is 0 Å². The van der Waals surface area contributed by atoms with Crippen LogP contribution in [0.25, 0.3) is 11.3 Å². The van der Waals surface area contributed by atoms with Crippen LogP contribution in [0.15, 0.2) is 23.0 Å². The molecule has 2 rings (SSSR count). The highest BCUT2D eigenvalue weighted by atomic mass is 35.5. The average molecular weight is 306 g/mol. The van der Waals surface area contributed by atoms with Crippen molar-refractivity contribution < 1.29 is 18.4 Å². The molecule has 1 aromatic heterocycles. The Morgan fingerprint density at radius 3 is 2.50 bits per heavy atom. The molecule has 5 nitrogen and oxygen atoms in total. The SMILES string of the molecule is Cc1nnc(-c2ccc(C(F)(F)F)cc2Cl)c(=O)n1O. The molecule has 2 aromatic rings. The highest BCUT2D eigenvalue weighted by molar-refractivity contribution is 6.33. The predicted octanol–water partition coefficient (Wildman–Crippen LogP) is 2.52. The molecule has 20 heavy (non-hydrogen) atoms. The lowest BCUT2D eigenvalue weighted by molar-refractivity contribution is -0.137. The van der Waals surface area contributed by atoms with Gasteiger partial charge in [0.25, 0.3) is 0 Å². The molecule has 0 aliphatic carbocycles. The summed E-state index contributed by atoms with van der Waals surface area (Å²) in [5.41, 5.74) is -2.24. The first kappa shape index (κ1) is 14.3. The molecule has 1 heterocycles. The first-order valence-corrected chi connectivity index (χ1v) is 5.62. The number of benzene rings is 1. The molecule has 0 unspecified atom stereocenters. The van der Waals surface area contributed by atoms with E-state index in [0.717, 1.165) is 12.1 Å². The van der Waals surface area contributed by atoms with Crippen LogP contribution in [0.4, 0.5) is 13.2 Å². The Balaban J connectivity index is 2.61. The van der Waals surface area contributed by atoms with Gasteiger partial charge >= 0.3 is 11.7 Å². The van der Waals surface area contributed by atoms with Crippen LogP contribution in [0.3, 0.4) is 0 Å². The Labute approximate surface area is 115 Å². The second-order valence-corrected chi connectivity index (χ2v) is 4.31. The van der Waals surface area contributed by atoms with Gasteiger partial charge in [-0.05, 0) is 19.1 Å². The molecule has 0 saturated heterocycles. The van der Waals surface area contributed by atoms with E-state index in [0.29, 0.717) is 6.07 Å². The molecule has 1 aromatic carbocycles. The summed E-state index contributed by atoms with van der Waals surface area (Å²) in [6.45, 7) is 1.34. The molecule has 0 radical (unpaired) electrons. The molecular formula is C11H7ClF3N3O2. The van der Waals surface area contributed by atoms with Crippen molar-refractivity contribution in [3.05, 3.63) is 45.0 Å². The number of hydrogen-bond donors (Lipinski definition) is 1. The molecule has 1 N–H and O–H groups in total. The van der Waals surface area contributed by atoms with E-state index in [9.17, 15) is 23.2 Å². The van der Waals surface area contributed by atoms with Crippen molar-refractivity contribution in [3.8, 4) is 11.3 Å². The summed E-state index contributed by atoms with van der Waals surface area (Å²) in [4.78, 5) is 11.8. The number of halogens is 4. The van der Waals surface area contributed by atoms with Crippen LogP contribution in [0.5, 0.6) is 0 Å². The Kier molecular flexibility index (Phi) is 3.43. The van der Waals surface area contributed by atoms with Crippen LogP contribution < -0.4 is 5.56 Å². The lowest BCUT2D eigenvalue weighted by Gasteiger charge is -2.09.